The zero-order valence-corrected chi connectivity index (χ0v) is 15.9. The minimum Gasteiger partial charge on any atom is -0.497 e. The third-order valence-electron chi connectivity index (χ3n) is 4.80. The van der Waals surface area contributed by atoms with Crippen molar-refractivity contribution in [3.05, 3.63) is 35.7 Å². The fraction of sp³-hybridized carbons (Fsp3) is 0.526. The fourth-order valence-corrected chi connectivity index (χ4v) is 3.44. The van der Waals surface area contributed by atoms with Crippen molar-refractivity contribution in [1.82, 2.24) is 19.9 Å². The van der Waals surface area contributed by atoms with Gasteiger partial charge >= 0.3 is 0 Å². The maximum Gasteiger partial charge on any atom is 0.229 e. The zero-order valence-electron chi connectivity index (χ0n) is 15.9. The predicted octanol–water partition coefficient (Wildman–Crippen LogP) is 2.65. The molecule has 2 aromatic rings. The standard InChI is InChI=1S/C19H28N6O/c1-24(2)19-22-17(21-18(20)23-19)13-25-12-6-4-5-7-16(25)14-8-10-15(26-3)11-9-14/h8-11,16H,4-7,12-13H2,1-3H3,(H2,20,21,22,23)/t16-/m0/s1. The molecule has 1 aromatic heterocycles. The number of anilines is 2. The Bertz CT molecular complexity index is 718. The van der Waals surface area contributed by atoms with Gasteiger partial charge in [-0.15, -0.1) is 0 Å². The summed E-state index contributed by atoms with van der Waals surface area (Å²) in [5, 5.41) is 0. The summed E-state index contributed by atoms with van der Waals surface area (Å²) in [7, 11) is 5.51. The summed E-state index contributed by atoms with van der Waals surface area (Å²) in [5.74, 6) is 2.48. The highest BCUT2D eigenvalue weighted by molar-refractivity contribution is 5.33. The first kappa shape index (κ1) is 18.4. The Morgan fingerprint density at radius 3 is 2.58 bits per heavy atom. The van der Waals surface area contributed by atoms with Crippen molar-refractivity contribution in [1.29, 1.82) is 0 Å². The first-order valence-corrected chi connectivity index (χ1v) is 9.12. The minimum atomic E-state index is 0.273. The fourth-order valence-electron chi connectivity index (χ4n) is 3.44. The summed E-state index contributed by atoms with van der Waals surface area (Å²) in [5.41, 5.74) is 7.20. The summed E-state index contributed by atoms with van der Waals surface area (Å²) in [6.45, 7) is 1.70. The van der Waals surface area contributed by atoms with E-state index in [0.717, 1.165) is 24.5 Å². The third-order valence-corrected chi connectivity index (χ3v) is 4.80. The van der Waals surface area contributed by atoms with Gasteiger partial charge in [-0.1, -0.05) is 25.0 Å². The Balaban J connectivity index is 1.84. The van der Waals surface area contributed by atoms with E-state index in [9.17, 15) is 0 Å². The Morgan fingerprint density at radius 2 is 1.88 bits per heavy atom. The van der Waals surface area contributed by atoms with E-state index in [2.05, 4.69) is 32.0 Å². The highest BCUT2D eigenvalue weighted by Gasteiger charge is 2.24. The number of nitrogen functional groups attached to an aromatic ring is 1. The zero-order chi connectivity index (χ0) is 18.5. The van der Waals surface area contributed by atoms with E-state index in [1.807, 2.05) is 31.1 Å². The van der Waals surface area contributed by atoms with Gasteiger partial charge in [0.15, 0.2) is 0 Å². The number of ether oxygens (including phenoxy) is 1. The molecule has 2 heterocycles. The predicted molar refractivity (Wildman–Crippen MR) is 103 cm³/mol. The molecule has 0 spiro atoms. The summed E-state index contributed by atoms with van der Waals surface area (Å²) in [6, 6.07) is 8.74. The van der Waals surface area contributed by atoms with Crippen LogP contribution in [-0.2, 0) is 6.54 Å². The molecule has 26 heavy (non-hydrogen) atoms. The number of nitrogens with two attached hydrogens (primary N) is 1. The Labute approximate surface area is 155 Å². The molecule has 3 rings (SSSR count). The second kappa shape index (κ2) is 8.31. The van der Waals surface area contributed by atoms with Crippen LogP contribution < -0.4 is 15.4 Å². The summed E-state index contributed by atoms with van der Waals surface area (Å²) >= 11 is 0. The Morgan fingerprint density at radius 1 is 1.12 bits per heavy atom. The molecule has 0 aliphatic carbocycles. The van der Waals surface area contributed by atoms with Crippen molar-refractivity contribution in [3.8, 4) is 5.75 Å². The van der Waals surface area contributed by atoms with Crippen molar-refractivity contribution in [2.45, 2.75) is 38.3 Å². The van der Waals surface area contributed by atoms with E-state index in [0.29, 0.717) is 18.5 Å². The van der Waals surface area contributed by atoms with E-state index in [1.165, 1.54) is 24.8 Å². The molecule has 0 amide bonds. The lowest BCUT2D eigenvalue weighted by molar-refractivity contribution is 0.187. The number of hydrogen-bond donors (Lipinski definition) is 1. The van der Waals surface area contributed by atoms with Gasteiger partial charge in [-0.25, -0.2) is 0 Å². The molecule has 1 fully saturated rings. The molecule has 1 atom stereocenters. The van der Waals surface area contributed by atoms with E-state index in [4.69, 9.17) is 10.5 Å². The summed E-state index contributed by atoms with van der Waals surface area (Å²) in [4.78, 5) is 17.4. The molecule has 0 saturated carbocycles. The van der Waals surface area contributed by atoms with E-state index in [1.54, 1.807) is 7.11 Å². The highest BCUT2D eigenvalue weighted by atomic mass is 16.5. The monoisotopic (exact) mass is 356 g/mol. The largest absolute Gasteiger partial charge is 0.497 e. The molecule has 7 nitrogen and oxygen atoms in total. The lowest BCUT2D eigenvalue weighted by Crippen LogP contribution is -2.29. The van der Waals surface area contributed by atoms with Gasteiger partial charge in [-0.2, -0.15) is 15.0 Å². The molecule has 140 valence electrons. The van der Waals surface area contributed by atoms with Crippen LogP contribution in [0, 0.1) is 0 Å². The molecule has 1 aliphatic heterocycles. The average Bonchev–Trinajstić information content (AvgIpc) is 2.87. The quantitative estimate of drug-likeness (QED) is 0.882. The van der Waals surface area contributed by atoms with Crippen molar-refractivity contribution >= 4 is 11.9 Å². The molecule has 1 saturated heterocycles. The van der Waals surface area contributed by atoms with Crippen LogP contribution >= 0.6 is 0 Å². The van der Waals surface area contributed by atoms with Crippen LogP contribution in [0.1, 0.15) is 43.1 Å². The number of likely N-dealkylation sites (tertiary alicyclic amines) is 1. The third kappa shape index (κ3) is 4.40. The van der Waals surface area contributed by atoms with Crippen LogP contribution in [-0.4, -0.2) is 47.6 Å². The number of hydrogen-bond acceptors (Lipinski definition) is 7. The summed E-state index contributed by atoms with van der Waals surface area (Å²) in [6.07, 6.45) is 4.81. The van der Waals surface area contributed by atoms with Gasteiger partial charge < -0.3 is 15.4 Å². The minimum absolute atomic E-state index is 0.273. The summed E-state index contributed by atoms with van der Waals surface area (Å²) < 4.78 is 5.29. The number of rotatable bonds is 5. The molecule has 0 radical (unpaired) electrons. The Kier molecular flexibility index (Phi) is 5.88. The van der Waals surface area contributed by atoms with E-state index < -0.39 is 0 Å². The molecule has 1 aromatic carbocycles. The molecule has 1 aliphatic rings. The molecule has 2 N–H and O–H groups in total. The number of aromatic nitrogens is 3. The van der Waals surface area contributed by atoms with Gasteiger partial charge in [0.1, 0.15) is 11.6 Å². The molecule has 0 bridgehead atoms. The van der Waals surface area contributed by atoms with Gasteiger partial charge in [0, 0.05) is 20.1 Å². The maximum absolute atomic E-state index is 5.89. The van der Waals surface area contributed by atoms with Crippen LogP contribution in [0.4, 0.5) is 11.9 Å². The number of methoxy groups -OCH3 is 1. The van der Waals surface area contributed by atoms with E-state index in [-0.39, 0.29) is 5.95 Å². The molecular weight excluding hydrogens is 328 g/mol. The topological polar surface area (TPSA) is 80.4 Å². The van der Waals surface area contributed by atoms with E-state index >= 15 is 0 Å². The van der Waals surface area contributed by atoms with Crippen LogP contribution in [0.15, 0.2) is 24.3 Å². The maximum atomic E-state index is 5.89. The molecule has 7 heteroatoms. The first-order chi connectivity index (χ1) is 12.6. The lowest BCUT2D eigenvalue weighted by Gasteiger charge is -2.30. The van der Waals surface area contributed by atoms with Gasteiger partial charge in [-0.3, -0.25) is 4.90 Å². The van der Waals surface area contributed by atoms with Crippen molar-refractivity contribution in [2.75, 3.05) is 38.4 Å². The van der Waals surface area contributed by atoms with Crippen molar-refractivity contribution < 1.29 is 4.74 Å². The smallest absolute Gasteiger partial charge is 0.229 e. The van der Waals surface area contributed by atoms with Gasteiger partial charge in [0.25, 0.3) is 0 Å². The van der Waals surface area contributed by atoms with Crippen molar-refractivity contribution in [3.63, 3.8) is 0 Å². The lowest BCUT2D eigenvalue weighted by atomic mass is 10.0. The Hall–Kier alpha value is -2.41. The van der Waals surface area contributed by atoms with Crippen molar-refractivity contribution in [2.24, 2.45) is 0 Å². The first-order valence-electron chi connectivity index (χ1n) is 9.12. The number of nitrogens with zero attached hydrogens (tertiary/aromatic N) is 5. The SMILES string of the molecule is COc1ccc([C@@H]2CCCCCN2Cc2nc(N)nc(N(C)C)n2)cc1. The normalized spacial score (nSPS) is 18.3. The highest BCUT2D eigenvalue weighted by Crippen LogP contribution is 2.32. The molecular formula is C19H28N6O. The van der Waals surface area contributed by atoms with Crippen LogP contribution in [0.3, 0.4) is 0 Å². The van der Waals surface area contributed by atoms with Crippen LogP contribution in [0.5, 0.6) is 5.75 Å². The second-order valence-corrected chi connectivity index (χ2v) is 6.91. The molecule has 0 unspecified atom stereocenters. The van der Waals surface area contributed by atoms with Gasteiger partial charge in [0.2, 0.25) is 11.9 Å². The number of benzene rings is 1. The van der Waals surface area contributed by atoms with Crippen LogP contribution in [0.25, 0.3) is 0 Å². The average molecular weight is 356 g/mol. The van der Waals surface area contributed by atoms with Crippen LogP contribution in [0.2, 0.25) is 0 Å². The van der Waals surface area contributed by atoms with Gasteiger partial charge in [-0.05, 0) is 37.1 Å². The van der Waals surface area contributed by atoms with Gasteiger partial charge in [0.05, 0.1) is 13.7 Å². The second-order valence-electron chi connectivity index (χ2n) is 6.91.